The van der Waals surface area contributed by atoms with E-state index in [1.165, 1.54) is 6.92 Å². The molecule has 2 fully saturated rings. The molecule has 3 rings (SSSR count). The molecule has 1 heterocycles. The quantitative estimate of drug-likeness (QED) is 0.0642. The van der Waals surface area contributed by atoms with Crippen LogP contribution in [0.3, 0.4) is 0 Å². The normalized spacial score (nSPS) is 18.2. The third kappa shape index (κ3) is 14.9. The Labute approximate surface area is 339 Å². The first kappa shape index (κ1) is 46.5. The number of Topliss-reactive ketones (excluding diaryl/α,β-unsaturated/α-hetero) is 3. The molecular weight excluding hydrogens is 784 g/mol. The predicted octanol–water partition coefficient (Wildman–Crippen LogP) is 3.98. The van der Waals surface area contributed by atoms with Crippen LogP contribution in [0.25, 0.3) is 0 Å². The standard InChI is InChI=1S/C41H63BrN6O8/c1-26(50)31(41(2,3)4)24-34(51)32(16-9-19-45-40(43)44)46-38(54)28(25-49)22-35(52)37(27-12-6-5-7-13-27)47-39(55)33-17-10-20-48(33)36(53)18-11-21-56-30-15-8-14-29(42)23-30/h8,14-15,23,27-28,31-33,37,49H,5-7,9-13,16-22,24-25H2,1-4H3,(H,46,54)(H,47,55)(H4,43,44,45)/t28-,31+,32-,33-,37-/m0/s1. The number of carbonyl (C=O) groups is 6. The fourth-order valence-electron chi connectivity index (χ4n) is 7.75. The Kier molecular flexibility index (Phi) is 18.9. The zero-order chi connectivity index (χ0) is 41.4. The molecule has 1 saturated carbocycles. The van der Waals surface area contributed by atoms with Gasteiger partial charge in [-0.05, 0) is 81.4 Å². The van der Waals surface area contributed by atoms with E-state index >= 15 is 0 Å². The lowest BCUT2D eigenvalue weighted by molar-refractivity contribution is -0.140. The molecule has 0 unspecified atom stereocenters. The lowest BCUT2D eigenvalue weighted by atomic mass is 9.75. The Morgan fingerprint density at radius 2 is 1.70 bits per heavy atom. The third-order valence-corrected chi connectivity index (χ3v) is 11.4. The zero-order valence-electron chi connectivity index (χ0n) is 33.5. The summed E-state index contributed by atoms with van der Waals surface area (Å²) in [4.78, 5) is 86.5. The molecule has 0 spiro atoms. The van der Waals surface area contributed by atoms with Crippen molar-refractivity contribution in [1.82, 2.24) is 15.5 Å². The number of hydrogen-bond acceptors (Lipinski definition) is 9. The van der Waals surface area contributed by atoms with Crippen LogP contribution in [0.4, 0.5) is 0 Å². The van der Waals surface area contributed by atoms with Gasteiger partial charge in [-0.1, -0.05) is 62.0 Å². The second-order valence-corrected chi connectivity index (χ2v) is 17.2. The minimum Gasteiger partial charge on any atom is -0.494 e. The number of ether oxygens (including phenoxy) is 1. The van der Waals surface area contributed by atoms with E-state index in [0.717, 1.165) is 36.6 Å². The fourth-order valence-corrected chi connectivity index (χ4v) is 8.13. The Hall–Kier alpha value is -3.85. The zero-order valence-corrected chi connectivity index (χ0v) is 35.1. The van der Waals surface area contributed by atoms with Crippen LogP contribution in [0.15, 0.2) is 33.7 Å². The molecule has 1 aliphatic heterocycles. The van der Waals surface area contributed by atoms with Gasteiger partial charge in [-0.15, -0.1) is 0 Å². The SMILES string of the molecule is CC(=O)[C@@H](CC(=O)[C@H](CCCN=C(N)N)NC(=O)[C@H](CO)CC(=O)[C@@H](NC(=O)[C@@H]1CCCN1C(=O)CCCOc1cccc(Br)c1)C1CCCCC1)C(C)(C)C. The Morgan fingerprint density at radius 3 is 2.32 bits per heavy atom. The van der Waals surface area contributed by atoms with Crippen molar-refractivity contribution >= 4 is 57.0 Å². The number of benzene rings is 1. The molecule has 5 atom stereocenters. The minimum absolute atomic E-state index is 0.0924. The van der Waals surface area contributed by atoms with Crippen LogP contribution in [-0.4, -0.2) is 95.5 Å². The molecule has 0 radical (unpaired) electrons. The number of nitrogens with two attached hydrogens (primary N) is 2. The van der Waals surface area contributed by atoms with E-state index in [4.69, 9.17) is 16.2 Å². The lowest BCUT2D eigenvalue weighted by Crippen LogP contribution is -2.54. The smallest absolute Gasteiger partial charge is 0.243 e. The van der Waals surface area contributed by atoms with Gasteiger partial charge in [0.15, 0.2) is 17.5 Å². The number of amides is 3. The van der Waals surface area contributed by atoms with E-state index in [-0.39, 0.29) is 67.4 Å². The number of halogens is 1. The maximum atomic E-state index is 14.1. The first-order chi connectivity index (χ1) is 26.5. The summed E-state index contributed by atoms with van der Waals surface area (Å²) >= 11 is 3.41. The number of hydrogen-bond donors (Lipinski definition) is 5. The summed E-state index contributed by atoms with van der Waals surface area (Å²) in [6.45, 7) is 7.39. The average molecular weight is 848 g/mol. The highest BCUT2D eigenvalue weighted by Crippen LogP contribution is 2.31. The van der Waals surface area contributed by atoms with Crippen LogP contribution in [0, 0.1) is 23.2 Å². The van der Waals surface area contributed by atoms with Crippen molar-refractivity contribution in [2.24, 2.45) is 39.6 Å². The number of aliphatic hydroxyl groups is 1. The molecule has 1 aliphatic carbocycles. The summed E-state index contributed by atoms with van der Waals surface area (Å²) in [5, 5.41) is 16.1. The van der Waals surface area contributed by atoms with Gasteiger partial charge < -0.3 is 36.8 Å². The number of ketones is 3. The topological polar surface area (TPSA) is 224 Å². The molecule has 2 aliphatic rings. The van der Waals surface area contributed by atoms with Gasteiger partial charge in [-0.25, -0.2) is 0 Å². The molecule has 14 nitrogen and oxygen atoms in total. The summed E-state index contributed by atoms with van der Waals surface area (Å²) in [7, 11) is 0. The monoisotopic (exact) mass is 846 g/mol. The fraction of sp³-hybridized carbons (Fsp3) is 0.683. The molecule has 56 heavy (non-hydrogen) atoms. The third-order valence-electron chi connectivity index (χ3n) is 10.9. The van der Waals surface area contributed by atoms with E-state index < -0.39 is 53.8 Å². The summed E-state index contributed by atoms with van der Waals surface area (Å²) in [6.07, 6.45) is 6.12. The van der Waals surface area contributed by atoms with E-state index in [2.05, 4.69) is 31.6 Å². The second kappa shape index (κ2) is 22.8. The maximum Gasteiger partial charge on any atom is 0.243 e. The molecule has 1 saturated heterocycles. The van der Waals surface area contributed by atoms with Gasteiger partial charge in [0, 0.05) is 42.7 Å². The van der Waals surface area contributed by atoms with Crippen LogP contribution in [0.2, 0.25) is 0 Å². The highest BCUT2D eigenvalue weighted by Gasteiger charge is 2.39. The van der Waals surface area contributed by atoms with Gasteiger partial charge >= 0.3 is 0 Å². The van der Waals surface area contributed by atoms with E-state index in [1.807, 2.05) is 45.0 Å². The van der Waals surface area contributed by atoms with Gasteiger partial charge in [0.25, 0.3) is 0 Å². The van der Waals surface area contributed by atoms with Crippen LogP contribution >= 0.6 is 15.9 Å². The Morgan fingerprint density at radius 1 is 0.982 bits per heavy atom. The molecule has 0 bridgehead atoms. The number of nitrogens with zero attached hydrogens (tertiary/aromatic N) is 2. The first-order valence-corrected chi connectivity index (χ1v) is 20.8. The van der Waals surface area contributed by atoms with Gasteiger partial charge in [0.2, 0.25) is 17.7 Å². The van der Waals surface area contributed by atoms with Crippen molar-refractivity contribution in [3.8, 4) is 5.75 Å². The number of aliphatic hydroxyl groups excluding tert-OH is 1. The van der Waals surface area contributed by atoms with E-state index in [0.29, 0.717) is 44.6 Å². The average Bonchev–Trinajstić information content (AvgIpc) is 3.64. The number of aliphatic imine (C=N–C) groups is 1. The van der Waals surface area contributed by atoms with Gasteiger partial charge in [0.1, 0.15) is 17.6 Å². The van der Waals surface area contributed by atoms with E-state index in [9.17, 15) is 33.9 Å². The molecule has 1 aromatic carbocycles. The molecule has 7 N–H and O–H groups in total. The maximum absolute atomic E-state index is 14.1. The highest BCUT2D eigenvalue weighted by molar-refractivity contribution is 9.10. The van der Waals surface area contributed by atoms with Crippen LogP contribution in [0.5, 0.6) is 5.75 Å². The van der Waals surface area contributed by atoms with Gasteiger partial charge in [-0.3, -0.25) is 33.8 Å². The number of likely N-dealkylation sites (tertiary alicyclic amines) is 1. The molecule has 312 valence electrons. The summed E-state index contributed by atoms with van der Waals surface area (Å²) in [5.41, 5.74) is 10.4. The number of rotatable bonds is 22. The highest BCUT2D eigenvalue weighted by atomic mass is 79.9. The van der Waals surface area contributed by atoms with Crippen molar-refractivity contribution in [1.29, 1.82) is 0 Å². The largest absolute Gasteiger partial charge is 0.494 e. The second-order valence-electron chi connectivity index (χ2n) is 16.3. The summed E-state index contributed by atoms with van der Waals surface area (Å²) in [5.74, 6) is -3.45. The minimum atomic E-state index is -1.19. The molecule has 0 aromatic heterocycles. The first-order valence-electron chi connectivity index (χ1n) is 20.0. The Balaban J connectivity index is 1.69. The Bertz CT molecular complexity index is 1540. The predicted molar refractivity (Wildman–Crippen MR) is 217 cm³/mol. The van der Waals surface area contributed by atoms with Crippen LogP contribution in [-0.2, 0) is 28.8 Å². The summed E-state index contributed by atoms with van der Waals surface area (Å²) < 4.78 is 6.66. The van der Waals surface area contributed by atoms with E-state index in [1.54, 1.807) is 4.90 Å². The molecule has 15 heteroatoms. The number of nitrogens with one attached hydrogen (secondary N) is 2. The van der Waals surface area contributed by atoms with Crippen LogP contribution < -0.4 is 26.8 Å². The number of guanidine groups is 1. The number of carbonyl (C=O) groups excluding carboxylic acids is 6. The van der Waals surface area contributed by atoms with Gasteiger partial charge in [0.05, 0.1) is 31.2 Å². The van der Waals surface area contributed by atoms with Crippen LogP contribution in [0.1, 0.15) is 111 Å². The van der Waals surface area contributed by atoms with Crippen molar-refractivity contribution < 1.29 is 38.6 Å². The molecular formula is C41H63BrN6O8. The van der Waals surface area contributed by atoms with Crippen molar-refractivity contribution in [2.75, 3.05) is 26.3 Å². The molecule has 1 aromatic rings. The van der Waals surface area contributed by atoms with Crippen molar-refractivity contribution in [3.05, 3.63) is 28.7 Å². The van der Waals surface area contributed by atoms with Crippen molar-refractivity contribution in [2.45, 2.75) is 129 Å². The van der Waals surface area contributed by atoms with Crippen molar-refractivity contribution in [3.63, 3.8) is 0 Å². The lowest BCUT2D eigenvalue weighted by Gasteiger charge is -2.33. The molecule has 3 amide bonds. The summed E-state index contributed by atoms with van der Waals surface area (Å²) in [6, 6.07) is 4.82. The van der Waals surface area contributed by atoms with Gasteiger partial charge in [-0.2, -0.15) is 0 Å².